The van der Waals surface area contributed by atoms with Gasteiger partial charge in [0.1, 0.15) is 0 Å². The Balaban J connectivity index is 1.90. The molecule has 0 radical (unpaired) electrons. The lowest BCUT2D eigenvalue weighted by atomic mass is 10.1. The van der Waals surface area contributed by atoms with Crippen LogP contribution in [0.5, 0.6) is 0 Å². The van der Waals surface area contributed by atoms with Gasteiger partial charge in [-0.15, -0.1) is 11.3 Å². The quantitative estimate of drug-likeness (QED) is 0.654. The summed E-state index contributed by atoms with van der Waals surface area (Å²) in [5.41, 5.74) is 1.61. The van der Waals surface area contributed by atoms with Crippen LogP contribution in [0.1, 0.15) is 4.88 Å². The number of thiazole rings is 1. The maximum absolute atomic E-state index is 12.4. The molecular weight excluding hydrogens is 387 g/mol. The lowest BCUT2D eigenvalue weighted by Gasteiger charge is -2.04. The molecule has 24 heavy (non-hydrogen) atoms. The minimum absolute atomic E-state index is 0.132. The number of hydrogen-bond acceptors (Lipinski definition) is 4. The Morgan fingerprint density at radius 3 is 2.08 bits per heavy atom. The van der Waals surface area contributed by atoms with Gasteiger partial charge >= 0.3 is 0 Å². The maximum atomic E-state index is 12.4. The Kier molecular flexibility index (Phi) is 4.83. The first kappa shape index (κ1) is 17.2. The summed E-state index contributed by atoms with van der Waals surface area (Å²) in [7, 11) is -3.70. The van der Waals surface area contributed by atoms with Crippen LogP contribution in [0.4, 0.5) is 5.13 Å². The summed E-state index contributed by atoms with van der Waals surface area (Å²) in [4.78, 5) is 5.44. The minimum Gasteiger partial charge on any atom is -0.255 e. The number of halogens is 2. The largest absolute Gasteiger partial charge is 0.263 e. The van der Waals surface area contributed by atoms with Crippen molar-refractivity contribution >= 4 is 49.7 Å². The zero-order valence-electron chi connectivity index (χ0n) is 12.5. The summed E-state index contributed by atoms with van der Waals surface area (Å²) >= 11 is 13.0. The standard InChI is InChI=1S/C16H12Cl2N2O2S2/c1-10-15(11-2-4-12(17)5-3-11)19-16(23-10)20-24(21,22)14-8-6-13(18)7-9-14/h2-9H,1H3,(H,19,20). The van der Waals surface area contributed by atoms with Gasteiger partial charge in [0.2, 0.25) is 0 Å². The second kappa shape index (κ2) is 6.72. The number of benzene rings is 2. The molecule has 0 amide bonds. The monoisotopic (exact) mass is 398 g/mol. The van der Waals surface area contributed by atoms with Crippen LogP contribution in [0.2, 0.25) is 10.0 Å². The van der Waals surface area contributed by atoms with Crippen molar-refractivity contribution in [2.24, 2.45) is 0 Å². The van der Waals surface area contributed by atoms with Crippen molar-refractivity contribution in [3.8, 4) is 11.3 Å². The predicted octanol–water partition coefficient (Wildman–Crippen LogP) is 5.23. The smallest absolute Gasteiger partial charge is 0.255 e. The van der Waals surface area contributed by atoms with Gasteiger partial charge in [-0.2, -0.15) is 0 Å². The normalized spacial score (nSPS) is 11.5. The lowest BCUT2D eigenvalue weighted by molar-refractivity contribution is 0.601. The summed E-state index contributed by atoms with van der Waals surface area (Å²) < 4.78 is 27.3. The number of hydrogen-bond donors (Lipinski definition) is 1. The molecule has 0 saturated carbocycles. The van der Waals surface area contributed by atoms with Crippen LogP contribution in [-0.4, -0.2) is 13.4 Å². The first-order valence-corrected chi connectivity index (χ1v) is 9.92. The highest BCUT2D eigenvalue weighted by atomic mass is 35.5. The van der Waals surface area contributed by atoms with Crippen molar-refractivity contribution < 1.29 is 8.42 Å². The van der Waals surface area contributed by atoms with E-state index < -0.39 is 10.0 Å². The van der Waals surface area contributed by atoms with Gasteiger partial charge in [-0.05, 0) is 43.3 Å². The number of nitrogens with one attached hydrogen (secondary N) is 1. The first-order valence-electron chi connectivity index (χ1n) is 6.87. The molecule has 0 atom stereocenters. The zero-order valence-corrected chi connectivity index (χ0v) is 15.6. The highest BCUT2D eigenvalue weighted by molar-refractivity contribution is 7.93. The van der Waals surface area contributed by atoms with E-state index in [1.807, 2.05) is 19.1 Å². The molecule has 0 aliphatic rings. The van der Waals surface area contributed by atoms with E-state index >= 15 is 0 Å². The van der Waals surface area contributed by atoms with E-state index in [0.29, 0.717) is 15.2 Å². The summed E-state index contributed by atoms with van der Waals surface area (Å²) in [6, 6.07) is 13.2. The SMILES string of the molecule is Cc1sc(NS(=O)(=O)c2ccc(Cl)cc2)nc1-c1ccc(Cl)cc1. The van der Waals surface area contributed by atoms with Crippen LogP contribution >= 0.6 is 34.5 Å². The predicted molar refractivity (Wildman–Crippen MR) is 99.6 cm³/mol. The van der Waals surface area contributed by atoms with Gasteiger partial charge in [-0.25, -0.2) is 13.4 Å². The fraction of sp³-hybridized carbons (Fsp3) is 0.0625. The first-order chi connectivity index (χ1) is 11.3. The lowest BCUT2D eigenvalue weighted by Crippen LogP contribution is -2.12. The molecule has 124 valence electrons. The van der Waals surface area contributed by atoms with Gasteiger partial charge in [0.05, 0.1) is 10.6 Å². The van der Waals surface area contributed by atoms with E-state index in [2.05, 4.69) is 9.71 Å². The number of aromatic nitrogens is 1. The van der Waals surface area contributed by atoms with Gasteiger partial charge in [0.25, 0.3) is 10.0 Å². The van der Waals surface area contributed by atoms with Crippen molar-refractivity contribution in [3.63, 3.8) is 0 Å². The molecular formula is C16H12Cl2N2O2S2. The average molecular weight is 399 g/mol. The topological polar surface area (TPSA) is 59.1 Å². The third-order valence-electron chi connectivity index (χ3n) is 3.26. The van der Waals surface area contributed by atoms with Crippen LogP contribution < -0.4 is 4.72 Å². The van der Waals surface area contributed by atoms with E-state index in [0.717, 1.165) is 16.1 Å². The highest BCUT2D eigenvalue weighted by Gasteiger charge is 2.18. The molecule has 3 rings (SSSR count). The van der Waals surface area contributed by atoms with E-state index in [1.165, 1.54) is 35.6 Å². The Labute approximate surface area is 154 Å². The molecule has 1 aromatic heterocycles. The molecule has 1 heterocycles. The Morgan fingerprint density at radius 1 is 0.958 bits per heavy atom. The zero-order chi connectivity index (χ0) is 17.3. The van der Waals surface area contributed by atoms with Crippen LogP contribution in [0.15, 0.2) is 53.4 Å². The van der Waals surface area contributed by atoms with Crippen molar-refractivity contribution in [1.29, 1.82) is 0 Å². The molecule has 0 unspecified atom stereocenters. The van der Waals surface area contributed by atoms with Crippen molar-refractivity contribution in [1.82, 2.24) is 4.98 Å². The van der Waals surface area contributed by atoms with Crippen LogP contribution in [0.25, 0.3) is 11.3 Å². The summed E-state index contributed by atoms with van der Waals surface area (Å²) in [5, 5.41) is 1.42. The summed E-state index contributed by atoms with van der Waals surface area (Å²) in [6.07, 6.45) is 0. The Bertz CT molecular complexity index is 966. The molecule has 4 nitrogen and oxygen atoms in total. The van der Waals surface area contributed by atoms with Gasteiger partial charge in [-0.3, -0.25) is 4.72 Å². The Hall–Kier alpha value is -1.60. The Morgan fingerprint density at radius 2 is 1.50 bits per heavy atom. The number of nitrogens with zero attached hydrogens (tertiary/aromatic N) is 1. The maximum Gasteiger partial charge on any atom is 0.263 e. The minimum atomic E-state index is -3.70. The molecule has 0 spiro atoms. The third-order valence-corrected chi connectivity index (χ3v) is 6.13. The van der Waals surface area contributed by atoms with Gasteiger partial charge in [0, 0.05) is 20.5 Å². The number of anilines is 1. The van der Waals surface area contributed by atoms with E-state index in [4.69, 9.17) is 23.2 Å². The van der Waals surface area contributed by atoms with E-state index in [-0.39, 0.29) is 4.90 Å². The molecule has 0 saturated heterocycles. The highest BCUT2D eigenvalue weighted by Crippen LogP contribution is 2.32. The van der Waals surface area contributed by atoms with E-state index in [9.17, 15) is 8.42 Å². The molecule has 0 aliphatic heterocycles. The fourth-order valence-electron chi connectivity index (χ4n) is 2.10. The second-order valence-electron chi connectivity index (χ2n) is 4.99. The molecule has 0 aliphatic carbocycles. The number of aryl methyl sites for hydroxylation is 1. The molecule has 0 bridgehead atoms. The number of rotatable bonds is 4. The van der Waals surface area contributed by atoms with Gasteiger partial charge < -0.3 is 0 Å². The molecule has 8 heteroatoms. The van der Waals surface area contributed by atoms with Crippen LogP contribution in [0, 0.1) is 6.92 Å². The average Bonchev–Trinajstić information content (AvgIpc) is 2.88. The summed E-state index contributed by atoms with van der Waals surface area (Å²) in [5.74, 6) is 0. The third kappa shape index (κ3) is 3.72. The van der Waals surface area contributed by atoms with Crippen LogP contribution in [0.3, 0.4) is 0 Å². The summed E-state index contributed by atoms with van der Waals surface area (Å²) in [6.45, 7) is 1.89. The van der Waals surface area contributed by atoms with Crippen molar-refractivity contribution in [2.45, 2.75) is 11.8 Å². The van der Waals surface area contributed by atoms with Crippen molar-refractivity contribution in [2.75, 3.05) is 4.72 Å². The molecule has 3 aromatic rings. The molecule has 1 N–H and O–H groups in total. The van der Waals surface area contributed by atoms with Crippen LogP contribution in [-0.2, 0) is 10.0 Å². The molecule has 0 fully saturated rings. The van der Waals surface area contributed by atoms with Gasteiger partial charge in [-0.1, -0.05) is 35.3 Å². The number of sulfonamides is 1. The van der Waals surface area contributed by atoms with Crippen molar-refractivity contribution in [3.05, 3.63) is 63.5 Å². The molecule has 2 aromatic carbocycles. The fourth-order valence-corrected chi connectivity index (χ4v) is 4.43. The van der Waals surface area contributed by atoms with Gasteiger partial charge in [0.15, 0.2) is 5.13 Å². The van der Waals surface area contributed by atoms with E-state index in [1.54, 1.807) is 12.1 Å². The second-order valence-corrected chi connectivity index (χ2v) is 8.75.